The van der Waals surface area contributed by atoms with Crippen molar-refractivity contribution in [2.24, 2.45) is 5.92 Å². The Hall–Kier alpha value is -3.12. The third-order valence-electron chi connectivity index (χ3n) is 6.40. The molecule has 0 spiro atoms. The van der Waals surface area contributed by atoms with Crippen molar-refractivity contribution in [3.8, 4) is 5.75 Å². The van der Waals surface area contributed by atoms with Gasteiger partial charge < -0.3 is 15.0 Å². The Kier molecular flexibility index (Phi) is 6.80. The first-order chi connectivity index (χ1) is 16.2. The van der Waals surface area contributed by atoms with Crippen LogP contribution in [0.5, 0.6) is 5.75 Å². The number of hydrogen-bond donors (Lipinski definition) is 1. The van der Waals surface area contributed by atoms with E-state index < -0.39 is 0 Å². The molecule has 1 aliphatic rings. The summed E-state index contributed by atoms with van der Waals surface area (Å²) in [6, 6.07) is 17.5. The smallest absolute Gasteiger partial charge is 0.230 e. The zero-order valence-corrected chi connectivity index (χ0v) is 21.2. The molecule has 0 aliphatic carbocycles. The van der Waals surface area contributed by atoms with Crippen molar-refractivity contribution < 1.29 is 14.3 Å². The summed E-state index contributed by atoms with van der Waals surface area (Å²) in [4.78, 5) is 29.7. The minimum Gasteiger partial charge on any atom is -0.495 e. The van der Waals surface area contributed by atoms with Gasteiger partial charge in [0.05, 0.1) is 24.8 Å². The molecule has 3 aromatic rings. The van der Waals surface area contributed by atoms with E-state index in [-0.39, 0.29) is 29.2 Å². The van der Waals surface area contributed by atoms with E-state index in [1.165, 1.54) is 0 Å². The van der Waals surface area contributed by atoms with Crippen molar-refractivity contribution in [3.63, 3.8) is 0 Å². The number of nitrogens with one attached hydrogen (secondary N) is 1. The maximum Gasteiger partial charge on any atom is 0.230 e. The van der Waals surface area contributed by atoms with Crippen molar-refractivity contribution in [3.05, 3.63) is 76.0 Å². The maximum atomic E-state index is 13.7. The second-order valence-electron chi connectivity index (χ2n) is 9.86. The highest BCUT2D eigenvalue weighted by Gasteiger charge is 2.42. The molecule has 1 aromatic heterocycles. The van der Waals surface area contributed by atoms with Gasteiger partial charge in [0.2, 0.25) is 11.8 Å². The van der Waals surface area contributed by atoms with Gasteiger partial charge in [-0.1, -0.05) is 50.6 Å². The van der Waals surface area contributed by atoms with Gasteiger partial charge in [-0.3, -0.25) is 9.59 Å². The SMILES string of the molecule is COc1ccc(C(C)(C)C)cc1NC(=O)[C@H]1CCC(=O)N(c2ccc(C)cc2)[C@H]1c1cccs1. The Bertz CT molecular complexity index is 1160. The molecule has 1 N–H and O–H groups in total. The van der Waals surface area contributed by atoms with Crippen LogP contribution in [0.1, 0.15) is 55.7 Å². The molecule has 1 saturated heterocycles. The molecule has 2 heterocycles. The summed E-state index contributed by atoms with van der Waals surface area (Å²) in [5.41, 5.74) is 3.65. The quantitative estimate of drug-likeness (QED) is 0.458. The number of ether oxygens (including phenoxy) is 1. The number of nitrogens with zero attached hydrogens (tertiary/aromatic N) is 1. The number of carbonyl (C=O) groups excluding carboxylic acids is 2. The average Bonchev–Trinajstić information content (AvgIpc) is 3.33. The highest BCUT2D eigenvalue weighted by atomic mass is 32.1. The minimum absolute atomic E-state index is 0.0404. The lowest BCUT2D eigenvalue weighted by molar-refractivity contribution is -0.125. The molecule has 0 unspecified atom stereocenters. The van der Waals surface area contributed by atoms with Crippen molar-refractivity contribution in [2.45, 2.75) is 52.0 Å². The summed E-state index contributed by atoms with van der Waals surface area (Å²) in [6.45, 7) is 8.44. The molecule has 5 nitrogen and oxygen atoms in total. The number of thiophene rings is 1. The highest BCUT2D eigenvalue weighted by Crippen LogP contribution is 2.42. The number of aryl methyl sites for hydroxylation is 1. The fourth-order valence-electron chi connectivity index (χ4n) is 4.46. The number of methoxy groups -OCH3 is 1. The summed E-state index contributed by atoms with van der Waals surface area (Å²) < 4.78 is 5.54. The van der Waals surface area contributed by atoms with Crippen LogP contribution in [-0.4, -0.2) is 18.9 Å². The summed E-state index contributed by atoms with van der Waals surface area (Å²) in [5, 5.41) is 5.13. The number of benzene rings is 2. The fourth-order valence-corrected chi connectivity index (χ4v) is 5.34. The van der Waals surface area contributed by atoms with E-state index in [0.29, 0.717) is 24.3 Å². The molecular weight excluding hydrogens is 444 g/mol. The van der Waals surface area contributed by atoms with E-state index in [2.05, 4.69) is 26.1 Å². The summed E-state index contributed by atoms with van der Waals surface area (Å²) in [5.74, 6) is 0.169. The predicted molar refractivity (Wildman–Crippen MR) is 139 cm³/mol. The molecule has 6 heteroatoms. The van der Waals surface area contributed by atoms with E-state index in [1.54, 1.807) is 18.4 Å². The van der Waals surface area contributed by atoms with E-state index >= 15 is 0 Å². The molecule has 0 saturated carbocycles. The lowest BCUT2D eigenvalue weighted by Crippen LogP contribution is -2.46. The van der Waals surface area contributed by atoms with Crippen LogP contribution in [0.25, 0.3) is 0 Å². The van der Waals surface area contributed by atoms with Gasteiger partial charge >= 0.3 is 0 Å². The molecule has 2 atom stereocenters. The molecule has 0 bridgehead atoms. The Morgan fingerprint density at radius 2 is 1.85 bits per heavy atom. The Morgan fingerprint density at radius 3 is 2.47 bits per heavy atom. The number of anilines is 2. The van der Waals surface area contributed by atoms with E-state index in [1.807, 2.05) is 71.8 Å². The highest BCUT2D eigenvalue weighted by molar-refractivity contribution is 7.10. The summed E-state index contributed by atoms with van der Waals surface area (Å²) >= 11 is 1.58. The van der Waals surface area contributed by atoms with Crippen LogP contribution in [0, 0.1) is 12.8 Å². The van der Waals surface area contributed by atoms with Crippen LogP contribution in [0.15, 0.2) is 60.0 Å². The molecule has 2 aromatic carbocycles. The van der Waals surface area contributed by atoms with Crippen LogP contribution < -0.4 is 15.0 Å². The van der Waals surface area contributed by atoms with E-state index in [4.69, 9.17) is 4.74 Å². The van der Waals surface area contributed by atoms with Gasteiger partial charge in [-0.05, 0) is 60.0 Å². The lowest BCUT2D eigenvalue weighted by Gasteiger charge is -2.40. The van der Waals surface area contributed by atoms with Gasteiger partial charge in [0, 0.05) is 17.0 Å². The first-order valence-electron chi connectivity index (χ1n) is 11.6. The van der Waals surface area contributed by atoms with Crippen LogP contribution in [0.4, 0.5) is 11.4 Å². The molecule has 34 heavy (non-hydrogen) atoms. The number of hydrogen-bond acceptors (Lipinski definition) is 4. The normalized spacial score (nSPS) is 18.6. The second kappa shape index (κ2) is 9.63. The molecular formula is C28H32N2O3S. The molecule has 2 amide bonds. The monoisotopic (exact) mass is 476 g/mol. The lowest BCUT2D eigenvalue weighted by atomic mass is 9.85. The van der Waals surface area contributed by atoms with Gasteiger partial charge in [-0.2, -0.15) is 0 Å². The van der Waals surface area contributed by atoms with Crippen molar-refractivity contribution in [2.75, 3.05) is 17.3 Å². The second-order valence-corrected chi connectivity index (χ2v) is 10.8. The zero-order valence-electron chi connectivity index (χ0n) is 20.4. The maximum absolute atomic E-state index is 13.7. The van der Waals surface area contributed by atoms with Gasteiger partial charge in [-0.15, -0.1) is 11.3 Å². The van der Waals surface area contributed by atoms with Gasteiger partial charge in [0.15, 0.2) is 0 Å². The number of rotatable bonds is 5. The Morgan fingerprint density at radius 1 is 1.12 bits per heavy atom. The van der Waals surface area contributed by atoms with Crippen LogP contribution in [0.2, 0.25) is 0 Å². The van der Waals surface area contributed by atoms with Crippen LogP contribution >= 0.6 is 11.3 Å². The zero-order chi connectivity index (χ0) is 24.5. The first-order valence-corrected chi connectivity index (χ1v) is 12.5. The average molecular weight is 477 g/mol. The summed E-state index contributed by atoms with van der Waals surface area (Å²) in [6.07, 6.45) is 0.823. The molecule has 4 rings (SSSR count). The van der Waals surface area contributed by atoms with Crippen LogP contribution in [0.3, 0.4) is 0 Å². The Balaban J connectivity index is 1.71. The largest absolute Gasteiger partial charge is 0.495 e. The summed E-state index contributed by atoms with van der Waals surface area (Å²) in [7, 11) is 1.61. The minimum atomic E-state index is -0.388. The van der Waals surface area contributed by atoms with E-state index in [9.17, 15) is 9.59 Å². The number of carbonyl (C=O) groups is 2. The molecule has 1 aliphatic heterocycles. The van der Waals surface area contributed by atoms with Gasteiger partial charge in [-0.25, -0.2) is 0 Å². The predicted octanol–water partition coefficient (Wildman–Crippen LogP) is 6.49. The first kappa shape index (κ1) is 24.0. The molecule has 1 fully saturated rings. The number of piperidine rings is 1. The van der Waals surface area contributed by atoms with Crippen molar-refractivity contribution in [1.29, 1.82) is 0 Å². The molecule has 178 valence electrons. The van der Waals surface area contributed by atoms with Crippen molar-refractivity contribution >= 4 is 34.5 Å². The van der Waals surface area contributed by atoms with E-state index in [0.717, 1.165) is 21.7 Å². The van der Waals surface area contributed by atoms with Crippen LogP contribution in [-0.2, 0) is 15.0 Å². The van der Waals surface area contributed by atoms with Gasteiger partial charge in [0.25, 0.3) is 0 Å². The third kappa shape index (κ3) is 4.87. The van der Waals surface area contributed by atoms with Gasteiger partial charge in [0.1, 0.15) is 5.75 Å². The standard InChI is InChI=1S/C28H32N2O3S/c1-18-8-11-20(12-9-18)30-25(31)15-13-21(26(30)24-7-6-16-34-24)27(32)29-22-17-19(28(2,3)4)10-14-23(22)33-5/h6-12,14,16-17,21,26H,13,15H2,1-5H3,(H,29,32)/t21-,26+/m0/s1. The topological polar surface area (TPSA) is 58.6 Å². The number of amides is 2. The third-order valence-corrected chi connectivity index (χ3v) is 7.35. The Labute approximate surface area is 205 Å². The molecule has 0 radical (unpaired) electrons. The van der Waals surface area contributed by atoms with Crippen molar-refractivity contribution in [1.82, 2.24) is 0 Å². The fraction of sp³-hybridized carbons (Fsp3) is 0.357.